The molecule has 0 fully saturated rings. The average molecular weight is 218 g/mol. The zero-order chi connectivity index (χ0) is 10.7. The predicted octanol–water partition coefficient (Wildman–Crippen LogP) is 3.03. The van der Waals surface area contributed by atoms with Crippen LogP contribution in [-0.4, -0.2) is 6.26 Å². The van der Waals surface area contributed by atoms with E-state index in [1.165, 1.54) is 24.1 Å². The standard InChI is InChI=1S/C12H10O2S/c1-15-12-7-11(13)10(8-14-12)9-5-3-2-4-6-9/h2-8H,1H3. The summed E-state index contributed by atoms with van der Waals surface area (Å²) < 4.78 is 5.31. The number of rotatable bonds is 2. The molecule has 0 aliphatic carbocycles. The molecule has 1 aromatic heterocycles. The first-order valence-corrected chi connectivity index (χ1v) is 5.76. The van der Waals surface area contributed by atoms with Gasteiger partial charge in [0.1, 0.15) is 6.26 Å². The van der Waals surface area contributed by atoms with Gasteiger partial charge in [0.2, 0.25) is 0 Å². The van der Waals surface area contributed by atoms with Crippen LogP contribution in [0.25, 0.3) is 11.1 Å². The topological polar surface area (TPSA) is 30.2 Å². The van der Waals surface area contributed by atoms with E-state index in [9.17, 15) is 4.79 Å². The van der Waals surface area contributed by atoms with Gasteiger partial charge in [0.05, 0.1) is 5.56 Å². The second kappa shape index (κ2) is 4.36. The van der Waals surface area contributed by atoms with Crippen molar-refractivity contribution in [2.24, 2.45) is 0 Å². The van der Waals surface area contributed by atoms with E-state index >= 15 is 0 Å². The van der Waals surface area contributed by atoms with E-state index in [2.05, 4.69) is 0 Å². The van der Waals surface area contributed by atoms with Crippen molar-refractivity contribution >= 4 is 11.8 Å². The number of thioether (sulfide) groups is 1. The molecule has 1 heterocycles. The summed E-state index contributed by atoms with van der Waals surface area (Å²) in [6.07, 6.45) is 3.39. The fourth-order valence-electron chi connectivity index (χ4n) is 1.33. The minimum atomic E-state index is -0.00296. The maximum absolute atomic E-state index is 11.7. The van der Waals surface area contributed by atoms with Crippen LogP contribution in [0.2, 0.25) is 0 Å². The van der Waals surface area contributed by atoms with Crippen molar-refractivity contribution in [2.45, 2.75) is 5.09 Å². The van der Waals surface area contributed by atoms with Crippen molar-refractivity contribution in [1.82, 2.24) is 0 Å². The van der Waals surface area contributed by atoms with Crippen molar-refractivity contribution < 1.29 is 4.42 Å². The van der Waals surface area contributed by atoms with Crippen LogP contribution in [0, 0.1) is 0 Å². The zero-order valence-electron chi connectivity index (χ0n) is 8.27. The Balaban J connectivity index is 2.51. The number of hydrogen-bond acceptors (Lipinski definition) is 3. The maximum atomic E-state index is 11.7. The van der Waals surface area contributed by atoms with Crippen molar-refractivity contribution in [2.75, 3.05) is 6.26 Å². The molecular weight excluding hydrogens is 208 g/mol. The van der Waals surface area contributed by atoms with Crippen LogP contribution in [0.3, 0.4) is 0 Å². The van der Waals surface area contributed by atoms with Crippen LogP contribution >= 0.6 is 11.8 Å². The van der Waals surface area contributed by atoms with Crippen LogP contribution in [-0.2, 0) is 0 Å². The highest BCUT2D eigenvalue weighted by atomic mass is 32.2. The van der Waals surface area contributed by atoms with Gasteiger partial charge in [-0.2, -0.15) is 0 Å². The van der Waals surface area contributed by atoms with E-state index in [0.717, 1.165) is 5.56 Å². The molecule has 15 heavy (non-hydrogen) atoms. The van der Waals surface area contributed by atoms with Crippen LogP contribution < -0.4 is 5.43 Å². The SMILES string of the molecule is CSc1cc(=O)c(-c2ccccc2)co1. The van der Waals surface area contributed by atoms with Crippen molar-refractivity contribution in [1.29, 1.82) is 0 Å². The average Bonchev–Trinajstić information content (AvgIpc) is 2.30. The second-order valence-corrected chi connectivity index (χ2v) is 3.86. The molecule has 0 saturated carbocycles. The Morgan fingerprint density at radius 3 is 2.53 bits per heavy atom. The van der Waals surface area contributed by atoms with Gasteiger partial charge in [-0.05, 0) is 11.8 Å². The van der Waals surface area contributed by atoms with E-state index in [-0.39, 0.29) is 5.43 Å². The van der Waals surface area contributed by atoms with Gasteiger partial charge in [-0.25, -0.2) is 0 Å². The highest BCUT2D eigenvalue weighted by Gasteiger charge is 2.04. The summed E-state index contributed by atoms with van der Waals surface area (Å²) in [7, 11) is 0. The monoisotopic (exact) mass is 218 g/mol. The first-order valence-electron chi connectivity index (χ1n) is 4.53. The smallest absolute Gasteiger partial charge is 0.193 e. The molecule has 0 N–H and O–H groups in total. The normalized spacial score (nSPS) is 10.2. The third kappa shape index (κ3) is 2.13. The fourth-order valence-corrected chi connectivity index (χ4v) is 1.70. The molecule has 1 aromatic carbocycles. The fraction of sp³-hybridized carbons (Fsp3) is 0.0833. The quantitative estimate of drug-likeness (QED) is 0.726. The van der Waals surface area contributed by atoms with E-state index in [1.807, 2.05) is 36.6 Å². The van der Waals surface area contributed by atoms with Gasteiger partial charge in [-0.15, -0.1) is 0 Å². The molecule has 0 aliphatic heterocycles. The van der Waals surface area contributed by atoms with E-state index in [0.29, 0.717) is 10.7 Å². The van der Waals surface area contributed by atoms with Crippen LogP contribution in [0.4, 0.5) is 0 Å². The summed E-state index contributed by atoms with van der Waals surface area (Å²) in [5.74, 6) is 0. The van der Waals surface area contributed by atoms with E-state index in [4.69, 9.17) is 4.42 Å². The number of benzene rings is 1. The van der Waals surface area contributed by atoms with Crippen LogP contribution in [0.15, 0.2) is 57.0 Å². The van der Waals surface area contributed by atoms with Crippen LogP contribution in [0.5, 0.6) is 0 Å². The highest BCUT2D eigenvalue weighted by Crippen LogP contribution is 2.18. The van der Waals surface area contributed by atoms with Crippen molar-refractivity contribution in [3.8, 4) is 11.1 Å². The molecule has 0 radical (unpaired) electrons. The van der Waals surface area contributed by atoms with Gasteiger partial charge in [0, 0.05) is 6.07 Å². The highest BCUT2D eigenvalue weighted by molar-refractivity contribution is 7.98. The molecule has 2 nitrogen and oxygen atoms in total. The van der Waals surface area contributed by atoms with Gasteiger partial charge >= 0.3 is 0 Å². The Labute approximate surface area is 91.9 Å². The van der Waals surface area contributed by atoms with Crippen molar-refractivity contribution in [3.63, 3.8) is 0 Å². The summed E-state index contributed by atoms with van der Waals surface area (Å²) in [6.45, 7) is 0. The van der Waals surface area contributed by atoms with Gasteiger partial charge in [-0.3, -0.25) is 4.79 Å². The zero-order valence-corrected chi connectivity index (χ0v) is 9.08. The lowest BCUT2D eigenvalue weighted by Gasteiger charge is -2.00. The van der Waals surface area contributed by atoms with Gasteiger partial charge in [0.25, 0.3) is 0 Å². The molecular formula is C12H10O2S. The molecule has 0 aliphatic rings. The minimum Gasteiger partial charge on any atom is -0.457 e. The summed E-state index contributed by atoms with van der Waals surface area (Å²) >= 11 is 1.42. The molecule has 0 unspecified atom stereocenters. The Morgan fingerprint density at radius 1 is 1.20 bits per heavy atom. The second-order valence-electron chi connectivity index (χ2n) is 3.05. The molecule has 3 heteroatoms. The lowest BCUT2D eigenvalue weighted by Crippen LogP contribution is -2.02. The third-order valence-corrected chi connectivity index (χ3v) is 2.71. The lowest BCUT2D eigenvalue weighted by molar-refractivity contribution is 0.455. The summed E-state index contributed by atoms with van der Waals surface area (Å²) in [5, 5.41) is 0.639. The van der Waals surface area contributed by atoms with Crippen molar-refractivity contribution in [3.05, 3.63) is 52.9 Å². The maximum Gasteiger partial charge on any atom is 0.193 e. The molecule has 0 bridgehead atoms. The molecule has 0 atom stereocenters. The van der Waals surface area contributed by atoms with Crippen LogP contribution in [0.1, 0.15) is 0 Å². The molecule has 0 amide bonds. The molecule has 0 saturated heterocycles. The Morgan fingerprint density at radius 2 is 1.93 bits per heavy atom. The first kappa shape index (κ1) is 10.1. The molecule has 2 aromatic rings. The van der Waals surface area contributed by atoms with E-state index in [1.54, 1.807) is 0 Å². The summed E-state index contributed by atoms with van der Waals surface area (Å²) in [4.78, 5) is 11.7. The predicted molar refractivity (Wildman–Crippen MR) is 62.2 cm³/mol. The van der Waals surface area contributed by atoms with E-state index < -0.39 is 0 Å². The Kier molecular flexibility index (Phi) is 2.92. The summed E-state index contributed by atoms with van der Waals surface area (Å²) in [5.41, 5.74) is 1.49. The number of hydrogen-bond donors (Lipinski definition) is 0. The lowest BCUT2D eigenvalue weighted by atomic mass is 10.1. The molecule has 2 rings (SSSR count). The Bertz CT molecular complexity index is 503. The first-order chi connectivity index (χ1) is 7.31. The molecule has 0 spiro atoms. The minimum absolute atomic E-state index is 0.00296. The van der Waals surface area contributed by atoms with Gasteiger partial charge < -0.3 is 4.42 Å². The van der Waals surface area contributed by atoms with Gasteiger partial charge in [0.15, 0.2) is 10.5 Å². The summed E-state index contributed by atoms with van der Waals surface area (Å²) in [6, 6.07) is 11.0. The Hall–Kier alpha value is -1.48. The molecule has 76 valence electrons. The third-order valence-electron chi connectivity index (χ3n) is 2.09. The van der Waals surface area contributed by atoms with Gasteiger partial charge in [-0.1, -0.05) is 42.1 Å². The largest absolute Gasteiger partial charge is 0.457 e.